The molecule has 0 aliphatic carbocycles. The van der Waals surface area contributed by atoms with Gasteiger partial charge in [0.05, 0.1) is 22.9 Å². The van der Waals surface area contributed by atoms with Gasteiger partial charge in [-0.05, 0) is 42.0 Å². The second kappa shape index (κ2) is 9.84. The van der Waals surface area contributed by atoms with Crippen molar-refractivity contribution in [3.8, 4) is 0 Å². The highest BCUT2D eigenvalue weighted by atomic mass is 32.2. The van der Waals surface area contributed by atoms with Gasteiger partial charge in [-0.25, -0.2) is 8.42 Å². The highest BCUT2D eigenvalue weighted by Gasteiger charge is 2.32. The minimum Gasteiger partial charge on any atom is -0.324 e. The molecule has 1 saturated heterocycles. The predicted molar refractivity (Wildman–Crippen MR) is 125 cm³/mol. The Balaban J connectivity index is 1.47. The van der Waals surface area contributed by atoms with Crippen LogP contribution in [-0.2, 0) is 14.6 Å². The van der Waals surface area contributed by atoms with Crippen LogP contribution in [0.5, 0.6) is 0 Å². The number of hydrogen-bond acceptors (Lipinski definition) is 6. The Morgan fingerprint density at radius 3 is 1.91 bits per heavy atom. The van der Waals surface area contributed by atoms with Crippen molar-refractivity contribution in [1.29, 1.82) is 0 Å². The second-order valence-electron chi connectivity index (χ2n) is 7.57. The van der Waals surface area contributed by atoms with Gasteiger partial charge in [-0.2, -0.15) is 10.2 Å². The van der Waals surface area contributed by atoms with Crippen molar-refractivity contribution in [3.63, 3.8) is 0 Å². The highest BCUT2D eigenvalue weighted by molar-refractivity contribution is 7.91. The van der Waals surface area contributed by atoms with Gasteiger partial charge in [0.1, 0.15) is 6.04 Å². The topological polar surface area (TPSA) is 91.2 Å². The van der Waals surface area contributed by atoms with E-state index in [2.05, 4.69) is 15.5 Å². The summed E-state index contributed by atoms with van der Waals surface area (Å²) < 4.78 is 23.7. The molecule has 1 fully saturated rings. The lowest BCUT2D eigenvalue weighted by Gasteiger charge is -2.33. The Morgan fingerprint density at radius 1 is 0.781 bits per heavy atom. The van der Waals surface area contributed by atoms with Crippen LogP contribution in [-0.4, -0.2) is 43.8 Å². The van der Waals surface area contributed by atoms with Gasteiger partial charge in [-0.3, -0.25) is 9.69 Å². The van der Waals surface area contributed by atoms with Crippen LogP contribution in [0.15, 0.2) is 95.2 Å². The van der Waals surface area contributed by atoms with E-state index >= 15 is 0 Å². The van der Waals surface area contributed by atoms with Crippen LogP contribution in [0.3, 0.4) is 0 Å². The van der Waals surface area contributed by atoms with Gasteiger partial charge in [-0.1, -0.05) is 48.5 Å². The molecule has 32 heavy (non-hydrogen) atoms. The summed E-state index contributed by atoms with van der Waals surface area (Å²) in [7, 11) is -3.04. The molecule has 0 radical (unpaired) electrons. The third kappa shape index (κ3) is 5.66. The molecule has 3 aromatic rings. The van der Waals surface area contributed by atoms with Crippen LogP contribution in [0.25, 0.3) is 0 Å². The molecule has 0 saturated carbocycles. The predicted octanol–water partition coefficient (Wildman–Crippen LogP) is 4.51. The Morgan fingerprint density at radius 2 is 1.31 bits per heavy atom. The lowest BCUT2D eigenvalue weighted by Crippen LogP contribution is -2.46. The van der Waals surface area contributed by atoms with Crippen LogP contribution >= 0.6 is 0 Å². The third-order valence-corrected chi connectivity index (χ3v) is 6.89. The molecule has 8 heteroatoms. The largest absolute Gasteiger partial charge is 0.324 e. The third-order valence-electron chi connectivity index (χ3n) is 5.28. The molecule has 1 unspecified atom stereocenters. The molecule has 0 aromatic heterocycles. The summed E-state index contributed by atoms with van der Waals surface area (Å²) in [5.41, 5.74) is 2.91. The Hall–Kier alpha value is -3.36. The molecule has 4 rings (SSSR count). The molecule has 7 nitrogen and oxygen atoms in total. The van der Waals surface area contributed by atoms with Crippen LogP contribution in [0.4, 0.5) is 17.1 Å². The molecule has 1 amide bonds. The molecule has 0 spiro atoms. The smallest absolute Gasteiger partial charge is 0.246 e. The second-order valence-corrected chi connectivity index (χ2v) is 9.88. The molecule has 164 valence electrons. The van der Waals surface area contributed by atoms with Crippen molar-refractivity contribution in [2.24, 2.45) is 10.2 Å². The number of nitrogens with one attached hydrogen (secondary N) is 1. The van der Waals surface area contributed by atoms with Gasteiger partial charge in [0, 0.05) is 18.8 Å². The van der Waals surface area contributed by atoms with Crippen molar-refractivity contribution in [2.45, 2.75) is 6.04 Å². The van der Waals surface area contributed by atoms with E-state index in [9.17, 15) is 13.2 Å². The minimum atomic E-state index is -3.04. The summed E-state index contributed by atoms with van der Waals surface area (Å²) >= 11 is 0. The normalized spacial score (nSPS) is 17.1. The van der Waals surface area contributed by atoms with Crippen molar-refractivity contribution in [2.75, 3.05) is 29.9 Å². The van der Waals surface area contributed by atoms with Gasteiger partial charge >= 0.3 is 0 Å². The first-order valence-corrected chi connectivity index (χ1v) is 12.2. The van der Waals surface area contributed by atoms with E-state index in [4.69, 9.17) is 0 Å². The summed E-state index contributed by atoms with van der Waals surface area (Å²) in [4.78, 5) is 15.1. The molecule has 1 aliphatic rings. The molecule has 3 aromatic carbocycles. The van der Waals surface area contributed by atoms with Gasteiger partial charge in [-0.15, -0.1) is 0 Å². The van der Waals surface area contributed by atoms with Gasteiger partial charge in [0.15, 0.2) is 9.84 Å². The zero-order chi connectivity index (χ0) is 22.4. The summed E-state index contributed by atoms with van der Waals surface area (Å²) in [6.07, 6.45) is 0. The summed E-state index contributed by atoms with van der Waals surface area (Å²) in [5, 5.41) is 11.4. The van der Waals surface area contributed by atoms with E-state index in [-0.39, 0.29) is 17.4 Å². The van der Waals surface area contributed by atoms with E-state index < -0.39 is 15.9 Å². The van der Waals surface area contributed by atoms with Gasteiger partial charge < -0.3 is 5.32 Å². The first-order chi connectivity index (χ1) is 15.5. The quantitative estimate of drug-likeness (QED) is 0.562. The number of benzene rings is 3. The first kappa shape index (κ1) is 21.9. The van der Waals surface area contributed by atoms with E-state index in [1.54, 1.807) is 24.3 Å². The summed E-state index contributed by atoms with van der Waals surface area (Å²) in [6.45, 7) is 0.655. The molecule has 1 heterocycles. The average Bonchev–Trinajstić information content (AvgIpc) is 2.81. The van der Waals surface area contributed by atoms with Crippen molar-refractivity contribution in [3.05, 3.63) is 90.5 Å². The first-order valence-electron chi connectivity index (χ1n) is 10.4. The number of nitrogens with zero attached hydrogens (tertiary/aromatic N) is 3. The number of hydrogen-bond donors (Lipinski definition) is 1. The number of carbonyl (C=O) groups excluding carboxylic acids is 1. The minimum absolute atomic E-state index is 0.0602. The lowest BCUT2D eigenvalue weighted by molar-refractivity contribution is -0.121. The fraction of sp³-hybridized carbons (Fsp3) is 0.208. The van der Waals surface area contributed by atoms with Crippen LogP contribution < -0.4 is 5.32 Å². The maximum atomic E-state index is 13.2. The molecule has 1 aliphatic heterocycles. The Labute approximate surface area is 187 Å². The number of azo groups is 1. The fourth-order valence-corrected chi connectivity index (χ4v) is 4.81. The van der Waals surface area contributed by atoms with Crippen LogP contribution in [0.1, 0.15) is 11.6 Å². The SMILES string of the molecule is O=C(Nc1ccc(N=Nc2ccccc2)cc1)C(c1ccccc1)N1CCS(=O)(=O)CC1. The van der Waals surface area contributed by atoms with Crippen molar-refractivity contribution >= 4 is 32.8 Å². The lowest BCUT2D eigenvalue weighted by atomic mass is 10.0. The number of carbonyl (C=O) groups is 1. The molecule has 0 bridgehead atoms. The zero-order valence-corrected chi connectivity index (χ0v) is 18.3. The van der Waals surface area contributed by atoms with E-state index in [1.807, 2.05) is 65.6 Å². The van der Waals surface area contributed by atoms with Gasteiger partial charge in [0.25, 0.3) is 0 Å². The zero-order valence-electron chi connectivity index (χ0n) is 17.5. The molecular weight excluding hydrogens is 424 g/mol. The van der Waals surface area contributed by atoms with E-state index in [0.717, 1.165) is 11.3 Å². The van der Waals surface area contributed by atoms with Gasteiger partial charge in [0.2, 0.25) is 5.91 Å². The van der Waals surface area contributed by atoms with Crippen LogP contribution in [0, 0.1) is 0 Å². The molecule has 1 atom stereocenters. The molecule has 1 N–H and O–H groups in total. The monoisotopic (exact) mass is 448 g/mol. The Bertz CT molecular complexity index is 1170. The maximum absolute atomic E-state index is 13.2. The van der Waals surface area contributed by atoms with Crippen molar-refractivity contribution < 1.29 is 13.2 Å². The number of anilines is 1. The number of sulfone groups is 1. The fourth-order valence-electron chi connectivity index (χ4n) is 3.58. The molecular formula is C24H24N4O3S. The average molecular weight is 449 g/mol. The number of amides is 1. The summed E-state index contributed by atoms with van der Waals surface area (Å²) in [6, 6.07) is 25.4. The summed E-state index contributed by atoms with van der Waals surface area (Å²) in [5.74, 6) is -0.0794. The number of rotatable bonds is 6. The van der Waals surface area contributed by atoms with E-state index in [1.165, 1.54) is 0 Å². The highest BCUT2D eigenvalue weighted by Crippen LogP contribution is 2.26. The van der Waals surface area contributed by atoms with Crippen LogP contribution in [0.2, 0.25) is 0 Å². The van der Waals surface area contributed by atoms with E-state index in [0.29, 0.717) is 24.5 Å². The van der Waals surface area contributed by atoms with Crippen molar-refractivity contribution in [1.82, 2.24) is 4.90 Å². The maximum Gasteiger partial charge on any atom is 0.246 e. The Kier molecular flexibility index (Phi) is 6.72. The standard InChI is InChI=1S/C24H24N4O3S/c29-24(23(19-7-3-1-4-8-19)28-15-17-32(30,31)18-16-28)25-20-11-13-22(14-12-20)27-26-21-9-5-2-6-10-21/h1-14,23H,15-18H2,(H,25,29).